The van der Waals surface area contributed by atoms with Gasteiger partial charge in [0.1, 0.15) is 11.4 Å². The molecule has 0 atom stereocenters. The van der Waals surface area contributed by atoms with Crippen LogP contribution in [0.3, 0.4) is 0 Å². The lowest BCUT2D eigenvalue weighted by Crippen LogP contribution is -2.13. The van der Waals surface area contributed by atoms with Crippen molar-refractivity contribution in [1.29, 1.82) is 0 Å². The van der Waals surface area contributed by atoms with Gasteiger partial charge in [0.05, 0.1) is 6.61 Å². The van der Waals surface area contributed by atoms with Crippen LogP contribution in [0.2, 0.25) is 0 Å². The number of aromatic carboxylic acids is 1. The van der Waals surface area contributed by atoms with Crippen LogP contribution in [0, 0.1) is 6.92 Å². The second kappa shape index (κ2) is 9.44. The minimum Gasteiger partial charge on any atom is -0.493 e. The van der Waals surface area contributed by atoms with Crippen LogP contribution < -0.4 is 4.74 Å². The van der Waals surface area contributed by atoms with E-state index in [4.69, 9.17) is 4.74 Å². The average Bonchev–Trinajstić information content (AvgIpc) is 3.17. The summed E-state index contributed by atoms with van der Waals surface area (Å²) < 4.78 is 8.05. The van der Waals surface area contributed by atoms with Crippen molar-refractivity contribution in [3.63, 3.8) is 0 Å². The summed E-state index contributed by atoms with van der Waals surface area (Å²) in [4.78, 5) is 12.4. The summed E-state index contributed by atoms with van der Waals surface area (Å²) in [5.74, 6) is -0.0380. The van der Waals surface area contributed by atoms with Crippen LogP contribution in [-0.2, 0) is 13.0 Å². The maximum Gasteiger partial charge on any atom is 0.352 e. The normalized spacial score (nSPS) is 11.2. The average molecular weight is 450 g/mol. The summed E-state index contributed by atoms with van der Waals surface area (Å²) in [5.41, 5.74) is 4.50. The van der Waals surface area contributed by atoms with Crippen LogP contribution >= 0.6 is 0 Å². The van der Waals surface area contributed by atoms with Crippen molar-refractivity contribution < 1.29 is 14.6 Å². The minimum atomic E-state index is -0.894. The van der Waals surface area contributed by atoms with Gasteiger partial charge in [-0.05, 0) is 47.6 Å². The van der Waals surface area contributed by atoms with Crippen LogP contribution in [-0.4, -0.2) is 22.2 Å². The van der Waals surface area contributed by atoms with Crippen molar-refractivity contribution in [3.8, 4) is 5.75 Å². The van der Waals surface area contributed by atoms with Crippen molar-refractivity contribution in [2.45, 2.75) is 26.3 Å². The number of hydrogen-bond donors (Lipinski definition) is 1. The Balaban J connectivity index is 1.42. The summed E-state index contributed by atoms with van der Waals surface area (Å²) in [6.07, 6.45) is 1.29. The van der Waals surface area contributed by atoms with E-state index in [1.54, 1.807) is 0 Å². The van der Waals surface area contributed by atoms with Crippen LogP contribution in [0.4, 0.5) is 0 Å². The fourth-order valence-corrected chi connectivity index (χ4v) is 4.76. The van der Waals surface area contributed by atoms with E-state index in [1.165, 1.54) is 5.56 Å². The number of carboxylic acids is 1. The highest BCUT2D eigenvalue weighted by molar-refractivity contribution is 5.98. The van der Waals surface area contributed by atoms with Crippen molar-refractivity contribution in [2.24, 2.45) is 0 Å². The van der Waals surface area contributed by atoms with Gasteiger partial charge in [-0.2, -0.15) is 0 Å². The Morgan fingerprint density at radius 2 is 1.56 bits per heavy atom. The molecule has 34 heavy (non-hydrogen) atoms. The molecule has 0 saturated heterocycles. The molecule has 0 aliphatic heterocycles. The van der Waals surface area contributed by atoms with Crippen molar-refractivity contribution in [3.05, 3.63) is 113 Å². The Hall–Kier alpha value is -4.05. The third-order valence-corrected chi connectivity index (χ3v) is 6.44. The van der Waals surface area contributed by atoms with Crippen LogP contribution in [0.15, 0.2) is 91.0 Å². The lowest BCUT2D eigenvalue weighted by molar-refractivity contribution is 0.0684. The van der Waals surface area contributed by atoms with E-state index in [0.717, 1.165) is 38.6 Å². The summed E-state index contributed by atoms with van der Waals surface area (Å²) >= 11 is 0. The van der Waals surface area contributed by atoms with Gasteiger partial charge in [-0.3, -0.25) is 0 Å². The summed E-state index contributed by atoms with van der Waals surface area (Å²) in [6.45, 7) is 3.15. The third-order valence-electron chi connectivity index (χ3n) is 6.44. The minimum absolute atomic E-state index is 0.370. The molecule has 0 radical (unpaired) electrons. The number of aromatic nitrogens is 1. The van der Waals surface area contributed by atoms with Gasteiger partial charge in [0.25, 0.3) is 0 Å². The molecule has 0 bridgehead atoms. The number of nitrogens with zero attached hydrogens (tertiary/aromatic N) is 1. The van der Waals surface area contributed by atoms with E-state index in [1.807, 2.05) is 65.2 Å². The number of aryl methyl sites for hydroxylation is 2. The second-order valence-corrected chi connectivity index (χ2v) is 8.58. The van der Waals surface area contributed by atoms with Crippen LogP contribution in [0.1, 0.15) is 33.6 Å². The van der Waals surface area contributed by atoms with Crippen molar-refractivity contribution >= 4 is 27.6 Å². The molecule has 4 aromatic carbocycles. The number of para-hydroxylation sites is 1. The molecule has 4 nitrogen and oxygen atoms in total. The number of ether oxygens (including phenoxy) is 1. The first-order chi connectivity index (χ1) is 16.6. The fourth-order valence-electron chi connectivity index (χ4n) is 4.76. The van der Waals surface area contributed by atoms with Gasteiger partial charge in [0.15, 0.2) is 0 Å². The van der Waals surface area contributed by atoms with Gasteiger partial charge in [0, 0.05) is 29.3 Å². The van der Waals surface area contributed by atoms with E-state index in [9.17, 15) is 9.90 Å². The smallest absolute Gasteiger partial charge is 0.352 e. The number of carbonyl (C=O) groups is 1. The van der Waals surface area contributed by atoms with E-state index in [2.05, 4.69) is 37.3 Å². The standard InChI is InChI=1S/C30H27NO3/c1-21-10-2-3-12-23(21)20-26-25-15-6-7-16-27(25)31(29(26)30(32)33)18-9-19-34-28-17-8-13-22-11-4-5-14-24(22)28/h2-8,10-17H,9,18-20H2,1H3,(H,32,33). The predicted molar refractivity (Wildman–Crippen MR) is 137 cm³/mol. The number of fused-ring (bicyclic) bond motifs is 2. The topological polar surface area (TPSA) is 51.5 Å². The first-order valence-corrected chi connectivity index (χ1v) is 11.6. The number of benzene rings is 4. The lowest BCUT2D eigenvalue weighted by atomic mass is 9.98. The van der Waals surface area contributed by atoms with Gasteiger partial charge in [-0.15, -0.1) is 0 Å². The molecular weight excluding hydrogens is 422 g/mol. The maximum absolute atomic E-state index is 12.4. The van der Waals surface area contributed by atoms with E-state index in [0.29, 0.717) is 31.7 Å². The Morgan fingerprint density at radius 1 is 0.853 bits per heavy atom. The number of rotatable bonds is 8. The Kier molecular flexibility index (Phi) is 6.05. The zero-order valence-electron chi connectivity index (χ0n) is 19.2. The zero-order chi connectivity index (χ0) is 23.5. The molecule has 5 rings (SSSR count). The number of carboxylic acid groups (broad SMARTS) is 1. The van der Waals surface area contributed by atoms with Gasteiger partial charge in [-0.25, -0.2) is 4.79 Å². The molecule has 0 aliphatic rings. The van der Waals surface area contributed by atoms with Crippen molar-refractivity contribution in [1.82, 2.24) is 4.57 Å². The lowest BCUT2D eigenvalue weighted by Gasteiger charge is -2.12. The molecule has 1 N–H and O–H groups in total. The highest BCUT2D eigenvalue weighted by atomic mass is 16.5. The van der Waals surface area contributed by atoms with Gasteiger partial charge in [-0.1, -0.05) is 78.9 Å². The van der Waals surface area contributed by atoms with E-state index >= 15 is 0 Å². The highest BCUT2D eigenvalue weighted by Gasteiger charge is 2.22. The molecule has 170 valence electrons. The molecule has 0 aliphatic carbocycles. The molecule has 0 amide bonds. The zero-order valence-corrected chi connectivity index (χ0v) is 19.2. The Bertz CT molecular complexity index is 1480. The Labute approximate surface area is 199 Å². The Morgan fingerprint density at radius 3 is 2.38 bits per heavy atom. The first kappa shape index (κ1) is 21.8. The summed E-state index contributed by atoms with van der Waals surface area (Å²) in [7, 11) is 0. The predicted octanol–water partition coefficient (Wildman–Crippen LogP) is 6.86. The van der Waals surface area contributed by atoms with Gasteiger partial charge in [0.2, 0.25) is 0 Å². The molecular formula is C30H27NO3. The van der Waals surface area contributed by atoms with Crippen LogP contribution in [0.25, 0.3) is 21.7 Å². The van der Waals surface area contributed by atoms with Gasteiger partial charge >= 0.3 is 5.97 Å². The summed E-state index contributed by atoms with van der Waals surface area (Å²) in [6, 6.07) is 30.4. The quantitative estimate of drug-likeness (QED) is 0.263. The number of hydrogen-bond acceptors (Lipinski definition) is 2. The molecule has 0 saturated carbocycles. The first-order valence-electron chi connectivity index (χ1n) is 11.6. The van der Waals surface area contributed by atoms with Crippen molar-refractivity contribution in [2.75, 3.05) is 6.61 Å². The maximum atomic E-state index is 12.4. The molecule has 4 heteroatoms. The molecule has 0 unspecified atom stereocenters. The van der Waals surface area contributed by atoms with E-state index < -0.39 is 5.97 Å². The van der Waals surface area contributed by atoms with Crippen LogP contribution in [0.5, 0.6) is 5.75 Å². The SMILES string of the molecule is Cc1ccccc1Cc1c(C(=O)O)n(CCCOc2cccc3ccccc23)c2ccccc12. The van der Waals surface area contributed by atoms with E-state index in [-0.39, 0.29) is 0 Å². The fraction of sp³-hybridized carbons (Fsp3) is 0.167. The molecule has 1 aromatic heterocycles. The molecule has 0 spiro atoms. The monoisotopic (exact) mass is 449 g/mol. The third kappa shape index (κ3) is 4.15. The highest BCUT2D eigenvalue weighted by Crippen LogP contribution is 2.30. The molecule has 1 heterocycles. The largest absolute Gasteiger partial charge is 0.493 e. The molecule has 5 aromatic rings. The molecule has 0 fully saturated rings. The summed E-state index contributed by atoms with van der Waals surface area (Å²) in [5, 5.41) is 13.4. The van der Waals surface area contributed by atoms with Gasteiger partial charge < -0.3 is 14.4 Å². The second-order valence-electron chi connectivity index (χ2n) is 8.58.